The number of hydrogen-bond donors (Lipinski definition) is 2. The van der Waals surface area contributed by atoms with Gasteiger partial charge in [-0.3, -0.25) is 5.10 Å². The van der Waals surface area contributed by atoms with Gasteiger partial charge in [-0.05, 0) is 24.3 Å². The van der Waals surface area contributed by atoms with Crippen molar-refractivity contribution in [3.8, 4) is 22.5 Å². The number of H-pyrrole nitrogens is 1. The minimum atomic E-state index is 0.661. The molecule has 4 rings (SSSR count). The zero-order chi connectivity index (χ0) is 17.1. The number of aromatic amines is 1. The van der Waals surface area contributed by atoms with E-state index in [9.17, 15) is 0 Å². The van der Waals surface area contributed by atoms with Gasteiger partial charge < -0.3 is 5.32 Å². The molecule has 0 saturated heterocycles. The van der Waals surface area contributed by atoms with Crippen LogP contribution in [0.5, 0.6) is 0 Å². The predicted molar refractivity (Wildman–Crippen MR) is 99.8 cm³/mol. The number of aromatic nitrogens is 4. The molecule has 6 heteroatoms. The number of anilines is 2. The minimum Gasteiger partial charge on any atom is -0.340 e. The van der Waals surface area contributed by atoms with Crippen LogP contribution in [0.3, 0.4) is 0 Å². The van der Waals surface area contributed by atoms with Crippen LogP contribution < -0.4 is 5.32 Å². The molecule has 4 aromatic rings. The largest absolute Gasteiger partial charge is 0.340 e. The molecule has 0 atom stereocenters. The van der Waals surface area contributed by atoms with Crippen LogP contribution in [0.15, 0.2) is 73.2 Å². The first kappa shape index (κ1) is 15.4. The Morgan fingerprint density at radius 2 is 1.84 bits per heavy atom. The number of benzene rings is 2. The van der Waals surface area contributed by atoms with Gasteiger partial charge in [0.25, 0.3) is 0 Å². The SMILES string of the molecule is Clc1cccc(Nc2ncncc2-c2cc(-c3ccccc3)n[nH]2)c1. The molecule has 0 amide bonds. The van der Waals surface area contributed by atoms with Gasteiger partial charge in [-0.25, -0.2) is 9.97 Å². The van der Waals surface area contributed by atoms with Crippen molar-refractivity contribution in [3.63, 3.8) is 0 Å². The molecule has 0 fully saturated rings. The highest BCUT2D eigenvalue weighted by Gasteiger charge is 2.11. The second-order valence-electron chi connectivity index (χ2n) is 5.45. The monoisotopic (exact) mass is 347 g/mol. The zero-order valence-electron chi connectivity index (χ0n) is 13.1. The lowest BCUT2D eigenvalue weighted by atomic mass is 10.1. The van der Waals surface area contributed by atoms with Crippen molar-refractivity contribution in [3.05, 3.63) is 78.2 Å². The Bertz CT molecular complexity index is 997. The summed E-state index contributed by atoms with van der Waals surface area (Å²) in [7, 11) is 0. The lowest BCUT2D eigenvalue weighted by Crippen LogP contribution is -1.97. The van der Waals surface area contributed by atoms with E-state index in [1.165, 1.54) is 6.33 Å². The van der Waals surface area contributed by atoms with Crippen LogP contribution in [0.25, 0.3) is 22.5 Å². The third kappa shape index (κ3) is 3.36. The van der Waals surface area contributed by atoms with Crippen molar-refractivity contribution in [1.82, 2.24) is 20.2 Å². The van der Waals surface area contributed by atoms with Crippen LogP contribution in [0.4, 0.5) is 11.5 Å². The summed E-state index contributed by atoms with van der Waals surface area (Å²) in [6.45, 7) is 0. The van der Waals surface area contributed by atoms with Crippen LogP contribution in [-0.2, 0) is 0 Å². The van der Waals surface area contributed by atoms with E-state index in [1.807, 2.05) is 60.7 Å². The number of halogens is 1. The predicted octanol–water partition coefficient (Wildman–Crippen LogP) is 4.93. The van der Waals surface area contributed by atoms with E-state index < -0.39 is 0 Å². The lowest BCUT2D eigenvalue weighted by molar-refractivity contribution is 1.09. The molecule has 2 N–H and O–H groups in total. The first-order chi connectivity index (χ1) is 12.3. The second-order valence-corrected chi connectivity index (χ2v) is 5.89. The van der Waals surface area contributed by atoms with Gasteiger partial charge in [0.05, 0.1) is 17.0 Å². The van der Waals surface area contributed by atoms with Gasteiger partial charge in [-0.15, -0.1) is 0 Å². The molecule has 2 aromatic carbocycles. The van der Waals surface area contributed by atoms with Gasteiger partial charge in [0, 0.05) is 22.5 Å². The maximum atomic E-state index is 6.05. The first-order valence-electron chi connectivity index (χ1n) is 7.73. The number of rotatable bonds is 4. The van der Waals surface area contributed by atoms with Crippen LogP contribution in [0.2, 0.25) is 5.02 Å². The Labute approximate surface area is 149 Å². The standard InChI is InChI=1S/C19H14ClN5/c20-14-7-4-8-15(9-14)23-19-16(11-21-12-22-19)18-10-17(24-25-18)13-5-2-1-3-6-13/h1-12H,(H,24,25)(H,21,22,23). The smallest absolute Gasteiger partial charge is 0.143 e. The normalized spacial score (nSPS) is 10.6. The minimum absolute atomic E-state index is 0.661. The van der Waals surface area contributed by atoms with Gasteiger partial charge in [0.2, 0.25) is 0 Å². The highest BCUT2D eigenvalue weighted by Crippen LogP contribution is 2.29. The summed E-state index contributed by atoms with van der Waals surface area (Å²) in [4.78, 5) is 8.49. The number of nitrogens with one attached hydrogen (secondary N) is 2. The topological polar surface area (TPSA) is 66.5 Å². The van der Waals surface area contributed by atoms with E-state index in [4.69, 9.17) is 11.6 Å². The molecular weight excluding hydrogens is 334 g/mol. The summed E-state index contributed by atoms with van der Waals surface area (Å²) in [5.41, 5.74) is 4.44. The van der Waals surface area contributed by atoms with Crippen LogP contribution in [-0.4, -0.2) is 20.2 Å². The summed E-state index contributed by atoms with van der Waals surface area (Å²) in [5.74, 6) is 0.681. The molecule has 25 heavy (non-hydrogen) atoms. The Morgan fingerprint density at radius 1 is 0.960 bits per heavy atom. The zero-order valence-corrected chi connectivity index (χ0v) is 13.9. The van der Waals surface area contributed by atoms with E-state index in [1.54, 1.807) is 6.20 Å². The van der Waals surface area contributed by atoms with E-state index in [2.05, 4.69) is 25.5 Å². The van der Waals surface area contributed by atoms with Crippen molar-refractivity contribution < 1.29 is 0 Å². The maximum Gasteiger partial charge on any atom is 0.143 e. The lowest BCUT2D eigenvalue weighted by Gasteiger charge is -2.09. The average molecular weight is 348 g/mol. The van der Waals surface area contributed by atoms with Gasteiger partial charge in [-0.2, -0.15) is 5.10 Å². The molecule has 0 aliphatic carbocycles. The fourth-order valence-electron chi connectivity index (χ4n) is 2.55. The highest BCUT2D eigenvalue weighted by atomic mass is 35.5. The molecule has 5 nitrogen and oxygen atoms in total. The molecular formula is C19H14ClN5. The van der Waals surface area contributed by atoms with E-state index >= 15 is 0 Å². The van der Waals surface area contributed by atoms with Crippen LogP contribution >= 0.6 is 11.6 Å². The van der Waals surface area contributed by atoms with E-state index in [-0.39, 0.29) is 0 Å². The van der Waals surface area contributed by atoms with Crippen molar-refractivity contribution in [2.75, 3.05) is 5.32 Å². The molecule has 2 heterocycles. The van der Waals surface area contributed by atoms with Crippen molar-refractivity contribution >= 4 is 23.1 Å². The van der Waals surface area contributed by atoms with Crippen LogP contribution in [0, 0.1) is 0 Å². The van der Waals surface area contributed by atoms with E-state index in [0.717, 1.165) is 28.2 Å². The molecule has 0 radical (unpaired) electrons. The Morgan fingerprint density at radius 3 is 2.68 bits per heavy atom. The second kappa shape index (κ2) is 6.75. The Hall–Kier alpha value is -3.18. The fraction of sp³-hybridized carbons (Fsp3) is 0. The molecule has 2 aromatic heterocycles. The molecule has 122 valence electrons. The Kier molecular flexibility index (Phi) is 4.14. The Balaban J connectivity index is 1.69. The van der Waals surface area contributed by atoms with E-state index in [0.29, 0.717) is 10.8 Å². The van der Waals surface area contributed by atoms with Gasteiger partial charge >= 0.3 is 0 Å². The quantitative estimate of drug-likeness (QED) is 0.549. The van der Waals surface area contributed by atoms with Gasteiger partial charge in [0.1, 0.15) is 12.1 Å². The molecule has 0 aliphatic heterocycles. The third-order valence-corrected chi connectivity index (χ3v) is 3.97. The molecule has 0 unspecified atom stereocenters. The fourth-order valence-corrected chi connectivity index (χ4v) is 2.74. The summed E-state index contributed by atoms with van der Waals surface area (Å²) < 4.78 is 0. The summed E-state index contributed by atoms with van der Waals surface area (Å²) >= 11 is 6.05. The van der Waals surface area contributed by atoms with Gasteiger partial charge in [-0.1, -0.05) is 48.0 Å². The first-order valence-corrected chi connectivity index (χ1v) is 8.11. The number of hydrogen-bond acceptors (Lipinski definition) is 4. The maximum absolute atomic E-state index is 6.05. The van der Waals surface area contributed by atoms with Crippen molar-refractivity contribution in [2.24, 2.45) is 0 Å². The molecule has 0 saturated carbocycles. The number of nitrogens with zero attached hydrogens (tertiary/aromatic N) is 3. The molecule has 0 bridgehead atoms. The van der Waals surface area contributed by atoms with Crippen molar-refractivity contribution in [2.45, 2.75) is 0 Å². The summed E-state index contributed by atoms with van der Waals surface area (Å²) in [6, 6.07) is 19.5. The summed E-state index contributed by atoms with van der Waals surface area (Å²) in [5, 5.41) is 11.4. The summed E-state index contributed by atoms with van der Waals surface area (Å²) in [6.07, 6.45) is 3.26. The highest BCUT2D eigenvalue weighted by molar-refractivity contribution is 6.30. The molecule has 0 aliphatic rings. The third-order valence-electron chi connectivity index (χ3n) is 3.74. The van der Waals surface area contributed by atoms with Crippen LogP contribution in [0.1, 0.15) is 0 Å². The van der Waals surface area contributed by atoms with Crippen molar-refractivity contribution in [1.29, 1.82) is 0 Å². The van der Waals surface area contributed by atoms with Gasteiger partial charge in [0.15, 0.2) is 0 Å². The average Bonchev–Trinajstić information content (AvgIpc) is 3.13. The molecule has 0 spiro atoms.